The Kier molecular flexibility index (Phi) is 6.19. The third kappa shape index (κ3) is 4.24. The van der Waals surface area contributed by atoms with Crippen LogP contribution in [-0.4, -0.2) is 26.2 Å². The number of methoxy groups -OCH3 is 2. The molecule has 7 heteroatoms. The summed E-state index contributed by atoms with van der Waals surface area (Å²) in [5.41, 5.74) is 1.56. The van der Waals surface area contributed by atoms with E-state index in [1.807, 2.05) is 43.3 Å². The minimum atomic E-state index is -0.657. The van der Waals surface area contributed by atoms with E-state index in [9.17, 15) is 9.59 Å². The van der Waals surface area contributed by atoms with E-state index >= 15 is 0 Å². The van der Waals surface area contributed by atoms with Gasteiger partial charge in [-0.05, 0) is 43.3 Å². The molecule has 1 aliphatic heterocycles. The van der Waals surface area contributed by atoms with Crippen molar-refractivity contribution in [2.24, 2.45) is 0 Å². The van der Waals surface area contributed by atoms with E-state index in [1.165, 1.54) is 20.3 Å². The highest BCUT2D eigenvalue weighted by Crippen LogP contribution is 2.34. The van der Waals surface area contributed by atoms with Crippen LogP contribution in [0.1, 0.15) is 18.7 Å². The van der Waals surface area contributed by atoms with E-state index in [4.69, 9.17) is 13.9 Å². The molecular weight excluding hydrogens is 372 g/mol. The summed E-state index contributed by atoms with van der Waals surface area (Å²) in [6.07, 6.45) is 8.22. The molecule has 1 aliphatic rings. The van der Waals surface area contributed by atoms with Crippen LogP contribution in [0, 0.1) is 0 Å². The van der Waals surface area contributed by atoms with Gasteiger partial charge in [-0.15, -0.1) is 0 Å². The van der Waals surface area contributed by atoms with Crippen molar-refractivity contribution in [3.8, 4) is 0 Å². The van der Waals surface area contributed by atoms with Crippen molar-refractivity contribution in [1.82, 2.24) is 0 Å². The monoisotopic (exact) mass is 394 g/mol. The average Bonchev–Trinajstić information content (AvgIpc) is 3.20. The van der Waals surface area contributed by atoms with Gasteiger partial charge in [-0.3, -0.25) is 0 Å². The predicted molar refractivity (Wildman–Crippen MR) is 109 cm³/mol. The molecule has 0 amide bonds. The van der Waals surface area contributed by atoms with Crippen LogP contribution in [0.2, 0.25) is 0 Å². The molecule has 29 heavy (non-hydrogen) atoms. The van der Waals surface area contributed by atoms with Gasteiger partial charge in [0.1, 0.15) is 11.5 Å². The molecule has 7 nitrogen and oxygen atoms in total. The molecule has 1 aromatic carbocycles. The van der Waals surface area contributed by atoms with Crippen LogP contribution < -0.4 is 10.2 Å². The van der Waals surface area contributed by atoms with Gasteiger partial charge in [0.15, 0.2) is 0 Å². The number of rotatable bonds is 6. The van der Waals surface area contributed by atoms with Crippen LogP contribution >= 0.6 is 0 Å². The standard InChI is InChI=1S/C22H22N2O5/c1-15(19-12-8-14-29-19)23-17-10-4-5-11-18(17)24-13-7-6-9-16(21(25)27-2)20(24)22(26)28-3/h4-15,23H,1-3H3. The Morgan fingerprint density at radius 2 is 1.79 bits per heavy atom. The largest absolute Gasteiger partial charge is 0.467 e. The Morgan fingerprint density at radius 1 is 1.03 bits per heavy atom. The van der Waals surface area contributed by atoms with Crippen molar-refractivity contribution < 1.29 is 23.5 Å². The summed E-state index contributed by atoms with van der Waals surface area (Å²) in [4.78, 5) is 26.6. The first kappa shape index (κ1) is 20.0. The lowest BCUT2D eigenvalue weighted by Crippen LogP contribution is -2.27. The highest BCUT2D eigenvalue weighted by molar-refractivity contribution is 6.06. The fraction of sp³-hybridized carbons (Fsp3) is 0.182. The number of esters is 2. The maximum Gasteiger partial charge on any atom is 0.355 e. The zero-order valence-corrected chi connectivity index (χ0v) is 16.4. The normalized spacial score (nSPS) is 14.4. The minimum Gasteiger partial charge on any atom is -0.467 e. The topological polar surface area (TPSA) is 81.0 Å². The van der Waals surface area contributed by atoms with E-state index in [2.05, 4.69) is 5.32 Å². The zero-order valence-electron chi connectivity index (χ0n) is 16.4. The van der Waals surface area contributed by atoms with E-state index in [0.717, 1.165) is 11.4 Å². The van der Waals surface area contributed by atoms with Gasteiger partial charge >= 0.3 is 11.9 Å². The molecule has 150 valence electrons. The third-order valence-corrected chi connectivity index (χ3v) is 4.39. The predicted octanol–water partition coefficient (Wildman–Crippen LogP) is 3.94. The SMILES string of the molecule is COC(=O)C1=C(C(=O)OC)N(c2ccccc2NC(C)c2ccco2)C=CC=C1. The second kappa shape index (κ2) is 8.97. The van der Waals surface area contributed by atoms with E-state index in [-0.39, 0.29) is 17.3 Å². The van der Waals surface area contributed by atoms with Crippen molar-refractivity contribution >= 4 is 23.3 Å². The fourth-order valence-electron chi connectivity index (χ4n) is 3.00. The number of hydrogen-bond acceptors (Lipinski definition) is 7. The van der Waals surface area contributed by atoms with Crippen LogP contribution in [0.15, 0.2) is 82.8 Å². The first-order valence-electron chi connectivity index (χ1n) is 9.00. The van der Waals surface area contributed by atoms with Gasteiger partial charge in [-0.25, -0.2) is 9.59 Å². The van der Waals surface area contributed by atoms with Gasteiger partial charge < -0.3 is 24.1 Å². The number of ether oxygens (including phenoxy) is 2. The van der Waals surface area contributed by atoms with Gasteiger partial charge in [0, 0.05) is 6.20 Å². The Labute approximate surface area is 168 Å². The molecule has 0 spiro atoms. The van der Waals surface area contributed by atoms with Crippen LogP contribution in [0.5, 0.6) is 0 Å². The number of benzene rings is 1. The summed E-state index contributed by atoms with van der Waals surface area (Å²) >= 11 is 0. The lowest BCUT2D eigenvalue weighted by atomic mass is 10.1. The van der Waals surface area contributed by atoms with Gasteiger partial charge in [-0.2, -0.15) is 0 Å². The van der Waals surface area contributed by atoms with Crippen molar-refractivity contribution in [3.63, 3.8) is 0 Å². The molecule has 0 saturated heterocycles. The van der Waals surface area contributed by atoms with Gasteiger partial charge in [0.05, 0.1) is 43.5 Å². The second-order valence-corrected chi connectivity index (χ2v) is 6.21. The lowest BCUT2D eigenvalue weighted by molar-refractivity contribution is -0.139. The highest BCUT2D eigenvalue weighted by atomic mass is 16.5. The molecule has 0 bridgehead atoms. The van der Waals surface area contributed by atoms with Gasteiger partial charge in [-0.1, -0.05) is 18.2 Å². The molecule has 2 aromatic rings. The summed E-state index contributed by atoms with van der Waals surface area (Å²) in [5.74, 6) is -0.521. The second-order valence-electron chi connectivity index (χ2n) is 6.21. The molecule has 1 N–H and O–H groups in total. The molecule has 1 unspecified atom stereocenters. The third-order valence-electron chi connectivity index (χ3n) is 4.39. The molecule has 0 saturated carbocycles. The van der Waals surface area contributed by atoms with Crippen molar-refractivity contribution in [2.45, 2.75) is 13.0 Å². The molecule has 0 fully saturated rings. The molecule has 3 rings (SSSR count). The number of nitrogens with zero attached hydrogens (tertiary/aromatic N) is 1. The molecule has 0 radical (unpaired) electrons. The Morgan fingerprint density at radius 3 is 2.48 bits per heavy atom. The van der Waals surface area contributed by atoms with E-state index < -0.39 is 11.9 Å². The number of para-hydroxylation sites is 2. The number of carbonyl (C=O) groups is 2. The number of hydrogen-bond donors (Lipinski definition) is 1. The quantitative estimate of drug-likeness (QED) is 0.743. The molecule has 2 heterocycles. The highest BCUT2D eigenvalue weighted by Gasteiger charge is 2.28. The minimum absolute atomic E-state index is 0.0595. The summed E-state index contributed by atoms with van der Waals surface area (Å²) in [5, 5.41) is 3.39. The van der Waals surface area contributed by atoms with E-state index in [1.54, 1.807) is 29.5 Å². The number of carbonyl (C=O) groups excluding carboxylic acids is 2. The molecular formula is C22H22N2O5. The summed E-state index contributed by atoms with van der Waals surface area (Å²) in [7, 11) is 2.53. The summed E-state index contributed by atoms with van der Waals surface area (Å²) in [6.45, 7) is 1.96. The lowest BCUT2D eigenvalue weighted by Gasteiger charge is -2.26. The maximum atomic E-state index is 12.6. The van der Waals surface area contributed by atoms with Crippen molar-refractivity contribution in [1.29, 1.82) is 0 Å². The maximum absolute atomic E-state index is 12.6. The van der Waals surface area contributed by atoms with Crippen molar-refractivity contribution in [2.75, 3.05) is 24.4 Å². The molecule has 0 aliphatic carbocycles. The number of anilines is 2. The number of nitrogens with one attached hydrogen (secondary N) is 1. The summed E-state index contributed by atoms with van der Waals surface area (Å²) in [6, 6.07) is 11.0. The van der Waals surface area contributed by atoms with Crippen LogP contribution in [0.25, 0.3) is 0 Å². The van der Waals surface area contributed by atoms with E-state index in [0.29, 0.717) is 5.69 Å². The first-order valence-corrected chi connectivity index (χ1v) is 9.00. The van der Waals surface area contributed by atoms with Crippen LogP contribution in [-0.2, 0) is 19.1 Å². The van der Waals surface area contributed by atoms with Gasteiger partial charge in [0.25, 0.3) is 0 Å². The van der Waals surface area contributed by atoms with Crippen LogP contribution in [0.3, 0.4) is 0 Å². The first-order chi connectivity index (χ1) is 14.1. The molecule has 1 aromatic heterocycles. The van der Waals surface area contributed by atoms with Gasteiger partial charge in [0.2, 0.25) is 0 Å². The summed E-state index contributed by atoms with van der Waals surface area (Å²) < 4.78 is 15.3. The van der Waals surface area contributed by atoms with Crippen LogP contribution in [0.4, 0.5) is 11.4 Å². The Hall–Kier alpha value is -3.74. The molecule has 1 atom stereocenters. The van der Waals surface area contributed by atoms with Crippen molar-refractivity contribution in [3.05, 3.63) is 84.1 Å². The fourth-order valence-corrected chi connectivity index (χ4v) is 3.00. The smallest absolute Gasteiger partial charge is 0.355 e. The zero-order chi connectivity index (χ0) is 20.8. The Bertz CT molecular complexity index is 973. The Balaban J connectivity index is 2.08. The number of furan rings is 1. The average molecular weight is 394 g/mol. The number of allylic oxidation sites excluding steroid dienone is 2.